The summed E-state index contributed by atoms with van der Waals surface area (Å²) in [6, 6.07) is 18.4. The number of likely N-dealkylation sites (tertiary alicyclic amines) is 1. The third-order valence-electron chi connectivity index (χ3n) is 7.99. The largest absolute Gasteiger partial charge is 0.368 e. The summed E-state index contributed by atoms with van der Waals surface area (Å²) in [6.07, 6.45) is 10.9. The van der Waals surface area contributed by atoms with Gasteiger partial charge in [0.2, 0.25) is 5.91 Å². The summed E-state index contributed by atoms with van der Waals surface area (Å²) < 4.78 is 0. The first kappa shape index (κ1) is 26.2. The SMILES string of the molecule is O=C(CCCN1CCCCC1)Nc1ccc(-c2ccc3ncc(N4CCN(c5ccncc5)CC4)nc3c2)cc1. The number of carbonyl (C=O) groups is 1. The summed E-state index contributed by atoms with van der Waals surface area (Å²) in [5, 5.41) is 3.05. The molecule has 2 fully saturated rings. The maximum Gasteiger partial charge on any atom is 0.224 e. The topological polar surface area (TPSA) is 77.5 Å². The van der Waals surface area contributed by atoms with E-state index in [4.69, 9.17) is 9.97 Å². The lowest BCUT2D eigenvalue weighted by atomic mass is 10.0. The van der Waals surface area contributed by atoms with Crippen LogP contribution in [0.2, 0.25) is 0 Å². The average molecular weight is 536 g/mol. The van der Waals surface area contributed by atoms with E-state index < -0.39 is 0 Å². The number of benzene rings is 2. The minimum atomic E-state index is 0.0832. The standard InChI is InChI=1S/C32H37N7O/c40-32(5-4-18-37-16-2-1-3-17-37)35-27-9-6-25(7-10-27)26-8-11-29-30(23-26)36-31(24-34-29)39-21-19-38(20-22-39)28-12-14-33-15-13-28/h6-15,23-24H,1-5,16-22H2,(H,35,40). The first-order chi connectivity index (χ1) is 19.7. The second kappa shape index (κ2) is 12.4. The van der Waals surface area contributed by atoms with Crippen molar-refractivity contribution in [2.75, 3.05) is 60.9 Å². The second-order valence-electron chi connectivity index (χ2n) is 10.7. The van der Waals surface area contributed by atoms with Gasteiger partial charge in [0.1, 0.15) is 5.82 Å². The molecule has 0 atom stereocenters. The molecule has 2 aliphatic heterocycles. The van der Waals surface area contributed by atoms with Crippen LogP contribution >= 0.6 is 0 Å². The van der Waals surface area contributed by atoms with E-state index in [2.05, 4.69) is 61.4 Å². The van der Waals surface area contributed by atoms with Crippen LogP contribution in [-0.4, -0.2) is 71.6 Å². The van der Waals surface area contributed by atoms with Gasteiger partial charge in [-0.3, -0.25) is 14.8 Å². The van der Waals surface area contributed by atoms with Gasteiger partial charge in [0.15, 0.2) is 0 Å². The Hall–Kier alpha value is -4.04. The van der Waals surface area contributed by atoms with Crippen molar-refractivity contribution in [1.29, 1.82) is 0 Å². The number of fused-ring (bicyclic) bond motifs is 1. The third-order valence-corrected chi connectivity index (χ3v) is 7.99. The molecule has 8 nitrogen and oxygen atoms in total. The molecule has 1 amide bonds. The van der Waals surface area contributed by atoms with E-state index >= 15 is 0 Å². The van der Waals surface area contributed by atoms with Crippen LogP contribution in [0.1, 0.15) is 32.1 Å². The van der Waals surface area contributed by atoms with Crippen LogP contribution in [0.15, 0.2) is 73.2 Å². The number of hydrogen-bond donors (Lipinski definition) is 1. The smallest absolute Gasteiger partial charge is 0.224 e. The van der Waals surface area contributed by atoms with Crippen molar-refractivity contribution in [3.63, 3.8) is 0 Å². The van der Waals surface area contributed by atoms with Crippen LogP contribution in [0.3, 0.4) is 0 Å². The van der Waals surface area contributed by atoms with E-state index in [0.717, 1.165) is 72.8 Å². The van der Waals surface area contributed by atoms with E-state index in [9.17, 15) is 4.79 Å². The number of anilines is 3. The van der Waals surface area contributed by atoms with Crippen LogP contribution < -0.4 is 15.1 Å². The maximum absolute atomic E-state index is 12.5. The zero-order valence-corrected chi connectivity index (χ0v) is 23.0. The van der Waals surface area contributed by atoms with Crippen LogP contribution in [0.25, 0.3) is 22.2 Å². The van der Waals surface area contributed by atoms with Crippen molar-refractivity contribution in [3.8, 4) is 11.1 Å². The number of pyridine rings is 1. The molecule has 2 saturated heterocycles. The van der Waals surface area contributed by atoms with Crippen LogP contribution in [0.5, 0.6) is 0 Å². The summed E-state index contributed by atoms with van der Waals surface area (Å²) >= 11 is 0. The summed E-state index contributed by atoms with van der Waals surface area (Å²) in [5.41, 5.74) is 5.99. The lowest BCUT2D eigenvalue weighted by Gasteiger charge is -2.36. The van der Waals surface area contributed by atoms with Crippen LogP contribution in [0, 0.1) is 0 Å². The number of piperazine rings is 1. The van der Waals surface area contributed by atoms with Gasteiger partial charge in [0.05, 0.1) is 17.2 Å². The van der Waals surface area contributed by atoms with Gasteiger partial charge in [-0.15, -0.1) is 0 Å². The number of nitrogens with zero attached hydrogens (tertiary/aromatic N) is 6. The minimum Gasteiger partial charge on any atom is -0.368 e. The van der Waals surface area contributed by atoms with E-state index in [-0.39, 0.29) is 5.91 Å². The Morgan fingerprint density at radius 2 is 1.50 bits per heavy atom. The number of rotatable bonds is 8. The summed E-state index contributed by atoms with van der Waals surface area (Å²) in [7, 11) is 0. The molecule has 0 bridgehead atoms. The highest BCUT2D eigenvalue weighted by Gasteiger charge is 2.19. The van der Waals surface area contributed by atoms with Gasteiger partial charge in [0.25, 0.3) is 0 Å². The molecule has 1 N–H and O–H groups in total. The van der Waals surface area contributed by atoms with Gasteiger partial charge >= 0.3 is 0 Å². The highest BCUT2D eigenvalue weighted by molar-refractivity contribution is 5.91. The fourth-order valence-corrected chi connectivity index (χ4v) is 5.70. The molecule has 2 aromatic heterocycles. The van der Waals surface area contributed by atoms with Gasteiger partial charge in [0, 0.05) is 56.4 Å². The Morgan fingerprint density at radius 1 is 0.775 bits per heavy atom. The Labute approximate surface area is 236 Å². The highest BCUT2D eigenvalue weighted by atomic mass is 16.1. The molecular weight excluding hydrogens is 498 g/mol. The van der Waals surface area contributed by atoms with E-state index in [1.807, 2.05) is 36.8 Å². The molecule has 40 heavy (non-hydrogen) atoms. The first-order valence-corrected chi connectivity index (χ1v) is 14.5. The van der Waals surface area contributed by atoms with Crippen LogP contribution in [0.4, 0.5) is 17.2 Å². The van der Waals surface area contributed by atoms with Gasteiger partial charge in [-0.2, -0.15) is 0 Å². The predicted molar refractivity (Wildman–Crippen MR) is 162 cm³/mol. The minimum absolute atomic E-state index is 0.0832. The van der Waals surface area contributed by atoms with Crippen molar-refractivity contribution in [3.05, 3.63) is 73.2 Å². The highest BCUT2D eigenvalue weighted by Crippen LogP contribution is 2.26. The van der Waals surface area contributed by atoms with Gasteiger partial charge < -0.3 is 20.0 Å². The molecule has 206 valence electrons. The molecule has 0 radical (unpaired) electrons. The van der Waals surface area contributed by atoms with Crippen molar-refractivity contribution in [2.45, 2.75) is 32.1 Å². The molecule has 4 heterocycles. The molecule has 2 aliphatic rings. The monoisotopic (exact) mass is 535 g/mol. The van der Waals surface area contributed by atoms with Crippen LogP contribution in [-0.2, 0) is 4.79 Å². The molecule has 0 aliphatic carbocycles. The van der Waals surface area contributed by atoms with Crippen molar-refractivity contribution < 1.29 is 4.79 Å². The summed E-state index contributed by atoms with van der Waals surface area (Å²) in [4.78, 5) is 33.4. The molecule has 6 rings (SSSR count). The van der Waals surface area contributed by atoms with Crippen molar-refractivity contribution in [2.24, 2.45) is 0 Å². The van der Waals surface area contributed by atoms with Gasteiger partial charge in [-0.25, -0.2) is 4.98 Å². The summed E-state index contributed by atoms with van der Waals surface area (Å²) in [6.45, 7) is 7.03. The van der Waals surface area contributed by atoms with E-state index in [1.54, 1.807) is 0 Å². The number of piperidine rings is 1. The quantitative estimate of drug-likeness (QED) is 0.331. The average Bonchev–Trinajstić information content (AvgIpc) is 3.02. The lowest BCUT2D eigenvalue weighted by molar-refractivity contribution is -0.116. The molecule has 0 saturated carbocycles. The van der Waals surface area contributed by atoms with Crippen molar-refractivity contribution in [1.82, 2.24) is 19.9 Å². The van der Waals surface area contributed by atoms with Crippen molar-refractivity contribution >= 4 is 34.1 Å². The Balaban J connectivity index is 1.06. The zero-order chi connectivity index (χ0) is 27.1. The Bertz CT molecular complexity index is 1410. The number of aromatic nitrogens is 3. The van der Waals surface area contributed by atoms with E-state index in [0.29, 0.717) is 6.42 Å². The van der Waals surface area contributed by atoms with Gasteiger partial charge in [-0.1, -0.05) is 24.6 Å². The normalized spacial score (nSPS) is 16.3. The molecule has 0 spiro atoms. The third kappa shape index (κ3) is 6.39. The first-order valence-electron chi connectivity index (χ1n) is 14.5. The number of carbonyl (C=O) groups excluding carboxylic acids is 1. The Morgan fingerprint density at radius 3 is 2.27 bits per heavy atom. The predicted octanol–water partition coefficient (Wildman–Crippen LogP) is 5.22. The molecule has 2 aromatic carbocycles. The number of amides is 1. The molecule has 0 unspecified atom stereocenters. The second-order valence-corrected chi connectivity index (χ2v) is 10.7. The van der Waals surface area contributed by atoms with E-state index in [1.165, 1.54) is 38.0 Å². The summed E-state index contributed by atoms with van der Waals surface area (Å²) in [5.74, 6) is 0.997. The fraction of sp³-hybridized carbons (Fsp3) is 0.375. The number of nitrogens with one attached hydrogen (secondary N) is 1. The molecule has 4 aromatic rings. The number of hydrogen-bond acceptors (Lipinski definition) is 7. The Kier molecular flexibility index (Phi) is 8.14. The van der Waals surface area contributed by atoms with Gasteiger partial charge in [-0.05, 0) is 86.4 Å². The maximum atomic E-state index is 12.5. The molecular formula is C32H37N7O. The lowest BCUT2D eigenvalue weighted by Crippen LogP contribution is -2.46. The zero-order valence-electron chi connectivity index (χ0n) is 23.0. The fourth-order valence-electron chi connectivity index (χ4n) is 5.70. The molecule has 8 heteroatoms.